The fourth-order valence-electron chi connectivity index (χ4n) is 1.85. The lowest BCUT2D eigenvalue weighted by Gasteiger charge is -2.17. The number of nitrogens with zero attached hydrogens (tertiary/aromatic N) is 1. The van der Waals surface area contributed by atoms with Crippen LogP contribution in [0.3, 0.4) is 0 Å². The topological polar surface area (TPSA) is 59.1 Å². The van der Waals surface area contributed by atoms with Crippen LogP contribution in [0.4, 0.5) is 0 Å². The van der Waals surface area contributed by atoms with E-state index in [0.29, 0.717) is 0 Å². The van der Waals surface area contributed by atoms with Gasteiger partial charge in [0.05, 0.1) is 11.1 Å². The second-order valence-corrected chi connectivity index (χ2v) is 7.35. The number of rotatable bonds is 6. The maximum atomic E-state index is 12.4. The van der Waals surface area contributed by atoms with Gasteiger partial charge in [0.25, 0.3) is 0 Å². The summed E-state index contributed by atoms with van der Waals surface area (Å²) in [6.45, 7) is 2.02. The van der Waals surface area contributed by atoms with Crippen molar-refractivity contribution in [3.63, 3.8) is 0 Å². The van der Waals surface area contributed by atoms with E-state index < -0.39 is 10.0 Å². The lowest BCUT2D eigenvalue weighted by molar-refractivity contribution is 0.540. The fourth-order valence-corrected chi connectivity index (χ4v) is 4.42. The van der Waals surface area contributed by atoms with Gasteiger partial charge in [-0.25, -0.2) is 13.1 Å². The third kappa shape index (κ3) is 3.58. The minimum absolute atomic E-state index is 0.0133. The molecule has 0 aliphatic carbocycles. The van der Waals surface area contributed by atoms with Gasteiger partial charge in [0.2, 0.25) is 10.0 Å². The molecule has 0 fully saturated rings. The van der Waals surface area contributed by atoms with Gasteiger partial charge in [0.15, 0.2) is 0 Å². The van der Waals surface area contributed by atoms with E-state index in [-0.39, 0.29) is 16.0 Å². The van der Waals surface area contributed by atoms with Crippen molar-refractivity contribution < 1.29 is 8.42 Å². The second kappa shape index (κ2) is 6.67. The van der Waals surface area contributed by atoms with Crippen molar-refractivity contribution in [3.05, 3.63) is 45.9 Å². The SMILES string of the molecule is CCCC(NS(=O)(=O)c1cnccc1Cl)c1cccs1. The Bertz CT molecular complexity index is 657. The van der Waals surface area contributed by atoms with Gasteiger partial charge in [0.1, 0.15) is 4.90 Å². The Balaban J connectivity index is 2.28. The van der Waals surface area contributed by atoms with Gasteiger partial charge >= 0.3 is 0 Å². The molecule has 2 heterocycles. The Morgan fingerprint density at radius 2 is 2.25 bits per heavy atom. The summed E-state index contributed by atoms with van der Waals surface area (Å²) in [5, 5.41) is 2.11. The predicted molar refractivity (Wildman–Crippen MR) is 81.5 cm³/mol. The number of thiophene rings is 1. The molecule has 0 saturated carbocycles. The van der Waals surface area contributed by atoms with E-state index in [2.05, 4.69) is 9.71 Å². The number of hydrogen-bond acceptors (Lipinski definition) is 4. The molecule has 0 radical (unpaired) electrons. The highest BCUT2D eigenvalue weighted by molar-refractivity contribution is 7.89. The predicted octanol–water partition coefficient (Wildman–Crippen LogP) is 3.62. The first-order valence-corrected chi connectivity index (χ1v) is 8.94. The molecular formula is C13H15ClN2O2S2. The third-order valence-corrected chi connectivity index (χ3v) is 5.71. The summed E-state index contributed by atoms with van der Waals surface area (Å²) in [6.07, 6.45) is 4.34. The second-order valence-electron chi connectivity index (χ2n) is 4.28. The Hall–Kier alpha value is -0.950. The van der Waals surface area contributed by atoms with Crippen molar-refractivity contribution in [2.75, 3.05) is 0 Å². The largest absolute Gasteiger partial charge is 0.263 e. The number of hydrogen-bond donors (Lipinski definition) is 1. The van der Waals surface area contributed by atoms with Crippen molar-refractivity contribution in [2.45, 2.75) is 30.7 Å². The number of nitrogens with one attached hydrogen (secondary N) is 1. The Kier molecular flexibility index (Phi) is 5.15. The van der Waals surface area contributed by atoms with E-state index in [1.807, 2.05) is 24.4 Å². The van der Waals surface area contributed by atoms with Crippen molar-refractivity contribution >= 4 is 33.0 Å². The van der Waals surface area contributed by atoms with E-state index in [4.69, 9.17) is 11.6 Å². The van der Waals surface area contributed by atoms with Gasteiger partial charge in [-0.2, -0.15) is 0 Å². The summed E-state index contributed by atoms with van der Waals surface area (Å²) in [5.74, 6) is 0. The normalized spacial score (nSPS) is 13.3. The molecule has 0 bridgehead atoms. The molecule has 7 heteroatoms. The Morgan fingerprint density at radius 1 is 1.45 bits per heavy atom. The molecule has 1 unspecified atom stereocenters. The van der Waals surface area contributed by atoms with Crippen LogP contribution in [0, 0.1) is 0 Å². The van der Waals surface area contributed by atoms with Gasteiger partial charge in [-0.15, -0.1) is 11.3 Å². The first kappa shape index (κ1) is 15.4. The molecule has 4 nitrogen and oxygen atoms in total. The molecule has 108 valence electrons. The lowest BCUT2D eigenvalue weighted by atomic mass is 10.1. The first-order valence-electron chi connectivity index (χ1n) is 6.20. The number of sulfonamides is 1. The summed E-state index contributed by atoms with van der Waals surface area (Å²) in [7, 11) is -3.68. The van der Waals surface area contributed by atoms with Crippen LogP contribution in [0.15, 0.2) is 40.9 Å². The van der Waals surface area contributed by atoms with Crippen LogP contribution in [-0.4, -0.2) is 13.4 Å². The molecule has 2 aromatic heterocycles. The number of aromatic nitrogens is 1. The minimum Gasteiger partial charge on any atom is -0.263 e. The van der Waals surface area contributed by atoms with Crippen LogP contribution in [0.2, 0.25) is 5.02 Å². The van der Waals surface area contributed by atoms with Gasteiger partial charge in [-0.05, 0) is 23.9 Å². The average molecular weight is 331 g/mol. The summed E-state index contributed by atoms with van der Waals surface area (Å²) in [6, 6.07) is 5.07. The zero-order chi connectivity index (χ0) is 14.6. The first-order chi connectivity index (χ1) is 9.54. The fraction of sp³-hybridized carbons (Fsp3) is 0.308. The maximum absolute atomic E-state index is 12.4. The van der Waals surface area contributed by atoms with Crippen LogP contribution < -0.4 is 4.72 Å². The molecule has 0 saturated heterocycles. The van der Waals surface area contributed by atoms with Crippen molar-refractivity contribution in [2.24, 2.45) is 0 Å². The van der Waals surface area contributed by atoms with Gasteiger partial charge in [-0.1, -0.05) is 31.0 Å². The minimum atomic E-state index is -3.68. The molecule has 0 aromatic carbocycles. The van der Waals surface area contributed by atoms with E-state index in [1.54, 1.807) is 0 Å². The van der Waals surface area contributed by atoms with Crippen molar-refractivity contribution in [3.8, 4) is 0 Å². The molecule has 0 aliphatic heterocycles. The van der Waals surface area contributed by atoms with Crippen LogP contribution in [0.5, 0.6) is 0 Å². The summed E-state index contributed by atoms with van der Waals surface area (Å²) in [5.41, 5.74) is 0. The van der Waals surface area contributed by atoms with E-state index in [9.17, 15) is 8.42 Å². The third-order valence-electron chi connectivity index (χ3n) is 2.79. The molecule has 1 N–H and O–H groups in total. The maximum Gasteiger partial charge on any atom is 0.244 e. The number of pyridine rings is 1. The van der Waals surface area contributed by atoms with Crippen LogP contribution >= 0.6 is 22.9 Å². The number of halogens is 1. The standard InChI is InChI=1S/C13H15ClN2O2S2/c1-2-4-11(12-5-3-8-19-12)16-20(17,18)13-9-15-7-6-10(13)14/h3,5-9,11,16H,2,4H2,1H3. The van der Waals surface area contributed by atoms with Crippen LogP contribution in [0.1, 0.15) is 30.7 Å². The highest BCUT2D eigenvalue weighted by Gasteiger charge is 2.23. The lowest BCUT2D eigenvalue weighted by Crippen LogP contribution is -2.28. The summed E-state index contributed by atoms with van der Waals surface area (Å²) < 4.78 is 27.5. The zero-order valence-corrected chi connectivity index (χ0v) is 13.3. The van der Waals surface area contributed by atoms with E-state index >= 15 is 0 Å². The smallest absolute Gasteiger partial charge is 0.244 e. The monoisotopic (exact) mass is 330 g/mol. The average Bonchev–Trinajstić information content (AvgIpc) is 2.92. The van der Waals surface area contributed by atoms with E-state index in [1.165, 1.54) is 29.8 Å². The van der Waals surface area contributed by atoms with Gasteiger partial charge < -0.3 is 0 Å². The van der Waals surface area contributed by atoms with Crippen molar-refractivity contribution in [1.82, 2.24) is 9.71 Å². The molecule has 0 aliphatic rings. The Labute approximate surface area is 127 Å². The summed E-state index contributed by atoms with van der Waals surface area (Å²) in [4.78, 5) is 4.84. The molecule has 2 aromatic rings. The molecule has 0 spiro atoms. The van der Waals surface area contributed by atoms with Gasteiger partial charge in [0, 0.05) is 17.3 Å². The highest BCUT2D eigenvalue weighted by Crippen LogP contribution is 2.27. The summed E-state index contributed by atoms with van der Waals surface area (Å²) >= 11 is 7.47. The van der Waals surface area contributed by atoms with Crippen LogP contribution in [-0.2, 0) is 10.0 Å². The molecule has 1 atom stereocenters. The highest BCUT2D eigenvalue weighted by atomic mass is 35.5. The molecular weight excluding hydrogens is 316 g/mol. The van der Waals surface area contributed by atoms with Crippen LogP contribution in [0.25, 0.3) is 0 Å². The zero-order valence-electron chi connectivity index (χ0n) is 10.9. The molecule has 2 rings (SSSR count). The van der Waals surface area contributed by atoms with E-state index in [0.717, 1.165) is 17.7 Å². The molecule has 20 heavy (non-hydrogen) atoms. The Morgan fingerprint density at radius 3 is 2.85 bits per heavy atom. The van der Waals surface area contributed by atoms with Crippen molar-refractivity contribution in [1.29, 1.82) is 0 Å². The quantitative estimate of drug-likeness (QED) is 0.880. The molecule has 0 amide bonds. The van der Waals surface area contributed by atoms with Gasteiger partial charge in [-0.3, -0.25) is 4.98 Å².